The van der Waals surface area contributed by atoms with E-state index < -0.39 is 12.1 Å². The maximum atomic E-state index is 11.1. The highest BCUT2D eigenvalue weighted by atomic mass is 17.1. The topological polar surface area (TPSA) is 102 Å². The third kappa shape index (κ3) is 7.95. The number of hydrogen-bond donors (Lipinski definition) is 2. The third-order valence-corrected chi connectivity index (χ3v) is 5.73. The number of aliphatic carboxylic acids is 1. The Hall–Kier alpha value is -2.12. The number of esters is 1. The zero-order valence-corrected chi connectivity index (χ0v) is 17.8. The van der Waals surface area contributed by atoms with E-state index in [1.54, 1.807) is 6.92 Å². The van der Waals surface area contributed by atoms with Crippen LogP contribution in [0.1, 0.15) is 76.4 Å². The van der Waals surface area contributed by atoms with E-state index in [0.29, 0.717) is 32.5 Å². The number of rotatable bonds is 13. The van der Waals surface area contributed by atoms with Crippen molar-refractivity contribution in [2.24, 2.45) is 11.8 Å². The van der Waals surface area contributed by atoms with Crippen molar-refractivity contribution in [2.45, 2.75) is 70.8 Å². The van der Waals surface area contributed by atoms with Crippen LogP contribution in [0.4, 0.5) is 0 Å². The quantitative estimate of drug-likeness (QED) is 0.200. The molecule has 0 spiro atoms. The first kappa shape index (κ1) is 24.2. The molecule has 0 bridgehead atoms. The van der Waals surface area contributed by atoms with E-state index in [2.05, 4.69) is 0 Å². The van der Waals surface area contributed by atoms with Crippen LogP contribution >= 0.6 is 0 Å². The third-order valence-electron chi connectivity index (χ3n) is 5.73. The van der Waals surface area contributed by atoms with Gasteiger partial charge in [-0.2, -0.15) is 0 Å². The first-order valence-corrected chi connectivity index (χ1v) is 11.0. The van der Waals surface area contributed by atoms with Crippen molar-refractivity contribution in [1.29, 1.82) is 0 Å². The molecule has 1 aromatic rings. The molecule has 0 heterocycles. The molecule has 1 saturated carbocycles. The van der Waals surface area contributed by atoms with Gasteiger partial charge in [-0.25, -0.2) is 4.89 Å². The van der Waals surface area contributed by atoms with Gasteiger partial charge in [-0.3, -0.25) is 14.8 Å². The molecule has 2 rings (SSSR count). The van der Waals surface area contributed by atoms with Crippen LogP contribution in [0.5, 0.6) is 5.75 Å². The number of benzene rings is 1. The summed E-state index contributed by atoms with van der Waals surface area (Å²) < 4.78 is 10.8. The highest BCUT2D eigenvalue weighted by Gasteiger charge is 2.32. The summed E-state index contributed by atoms with van der Waals surface area (Å²) in [6, 6.07) is 7.52. The maximum Gasteiger partial charge on any atom is 0.306 e. The van der Waals surface area contributed by atoms with Crippen molar-refractivity contribution >= 4 is 11.9 Å². The van der Waals surface area contributed by atoms with Crippen molar-refractivity contribution in [3.05, 3.63) is 29.8 Å². The molecule has 0 aliphatic heterocycles. The number of carboxylic acid groups (broad SMARTS) is 1. The monoisotopic (exact) mass is 422 g/mol. The van der Waals surface area contributed by atoms with Crippen LogP contribution in [0.15, 0.2) is 24.3 Å². The van der Waals surface area contributed by atoms with Gasteiger partial charge in [-0.15, -0.1) is 0 Å². The van der Waals surface area contributed by atoms with Gasteiger partial charge in [0.25, 0.3) is 0 Å². The van der Waals surface area contributed by atoms with Gasteiger partial charge in [0.05, 0.1) is 19.1 Å². The zero-order chi connectivity index (χ0) is 21.8. The normalized spacial score (nSPS) is 19.8. The summed E-state index contributed by atoms with van der Waals surface area (Å²) in [5.74, 6) is -0.307. The molecule has 0 aromatic heterocycles. The highest BCUT2D eigenvalue weighted by molar-refractivity contribution is 5.70. The fourth-order valence-electron chi connectivity index (χ4n) is 3.88. The van der Waals surface area contributed by atoms with Crippen LogP contribution in [0.3, 0.4) is 0 Å². The molecule has 1 aliphatic carbocycles. The van der Waals surface area contributed by atoms with Crippen LogP contribution in [-0.2, 0) is 19.2 Å². The predicted octanol–water partition coefficient (Wildman–Crippen LogP) is 5.00. The Balaban J connectivity index is 1.67. The fourth-order valence-corrected chi connectivity index (χ4v) is 3.88. The van der Waals surface area contributed by atoms with E-state index in [1.807, 2.05) is 24.3 Å². The van der Waals surface area contributed by atoms with Gasteiger partial charge in [-0.1, -0.05) is 19.1 Å². The largest absolute Gasteiger partial charge is 0.494 e. The van der Waals surface area contributed by atoms with Crippen molar-refractivity contribution in [3.63, 3.8) is 0 Å². The predicted molar refractivity (Wildman–Crippen MR) is 111 cm³/mol. The molecule has 0 radical (unpaired) electrons. The Morgan fingerprint density at radius 1 is 1.00 bits per heavy atom. The average Bonchev–Trinajstić information content (AvgIpc) is 2.77. The van der Waals surface area contributed by atoms with Gasteiger partial charge < -0.3 is 14.6 Å². The fraction of sp³-hybridized carbons (Fsp3) is 0.652. The van der Waals surface area contributed by atoms with E-state index >= 15 is 0 Å². The molecular weight excluding hydrogens is 388 g/mol. The lowest BCUT2D eigenvalue weighted by Gasteiger charge is -2.30. The summed E-state index contributed by atoms with van der Waals surface area (Å²) in [7, 11) is 0. The Morgan fingerprint density at radius 2 is 1.63 bits per heavy atom. The molecule has 168 valence electrons. The number of ether oxygens (including phenoxy) is 2. The number of carbonyl (C=O) groups excluding carboxylic acids is 1. The van der Waals surface area contributed by atoms with Gasteiger partial charge in [-0.05, 0) is 75.0 Å². The average molecular weight is 423 g/mol. The molecule has 2 N–H and O–H groups in total. The Kier molecular flexibility index (Phi) is 10.7. The summed E-state index contributed by atoms with van der Waals surface area (Å²) in [5.41, 5.74) is 0.866. The smallest absolute Gasteiger partial charge is 0.306 e. The lowest BCUT2D eigenvalue weighted by atomic mass is 9.78. The molecule has 1 fully saturated rings. The second-order valence-electron chi connectivity index (χ2n) is 7.88. The lowest BCUT2D eigenvalue weighted by Crippen LogP contribution is -2.25. The first-order chi connectivity index (χ1) is 14.5. The van der Waals surface area contributed by atoms with E-state index in [9.17, 15) is 14.8 Å². The molecule has 7 nitrogen and oxygen atoms in total. The van der Waals surface area contributed by atoms with Crippen LogP contribution in [0, 0.1) is 11.8 Å². The van der Waals surface area contributed by atoms with Gasteiger partial charge in [0.2, 0.25) is 0 Å². The molecule has 7 heteroatoms. The second kappa shape index (κ2) is 13.2. The Labute approximate surface area is 178 Å². The minimum atomic E-state index is -0.739. The number of carbonyl (C=O) groups is 2. The van der Waals surface area contributed by atoms with Crippen LogP contribution in [0.2, 0.25) is 0 Å². The second-order valence-corrected chi connectivity index (χ2v) is 7.88. The SMILES string of the molecule is CCC(=O)OCCCCCCOc1ccc([C@@H](OO)C2CCC(C(=O)O)CC2)cc1. The van der Waals surface area contributed by atoms with Gasteiger partial charge in [0.1, 0.15) is 11.9 Å². The number of unbranched alkanes of at least 4 members (excludes halogenated alkanes) is 3. The minimum absolute atomic E-state index is 0.106. The molecule has 0 saturated heterocycles. The van der Waals surface area contributed by atoms with Crippen LogP contribution in [0.25, 0.3) is 0 Å². The molecule has 30 heavy (non-hydrogen) atoms. The number of hydrogen-bond acceptors (Lipinski definition) is 6. The first-order valence-electron chi connectivity index (χ1n) is 11.0. The molecule has 1 aliphatic rings. The molecule has 0 amide bonds. The molecule has 1 aromatic carbocycles. The standard InChI is InChI=1S/C23H34O7/c1-2-21(24)29-16-6-4-3-5-15-28-20-13-11-18(12-14-20)22(30-27)17-7-9-19(10-8-17)23(25)26/h11-14,17,19,22,27H,2-10,15-16H2,1H3,(H,25,26)/t17?,19?,22-/m0/s1. The Morgan fingerprint density at radius 3 is 2.20 bits per heavy atom. The minimum Gasteiger partial charge on any atom is -0.494 e. The van der Waals surface area contributed by atoms with E-state index in [1.165, 1.54) is 0 Å². The molecular formula is C23H34O7. The summed E-state index contributed by atoms with van der Waals surface area (Å²) in [5, 5.41) is 18.5. The summed E-state index contributed by atoms with van der Waals surface area (Å²) in [4.78, 5) is 26.9. The van der Waals surface area contributed by atoms with Crippen molar-refractivity contribution in [1.82, 2.24) is 0 Å². The van der Waals surface area contributed by atoms with Crippen molar-refractivity contribution < 1.29 is 34.3 Å². The Bertz CT molecular complexity index is 635. The van der Waals surface area contributed by atoms with Crippen molar-refractivity contribution in [3.8, 4) is 5.75 Å². The van der Waals surface area contributed by atoms with Crippen LogP contribution < -0.4 is 4.74 Å². The van der Waals surface area contributed by atoms with Crippen LogP contribution in [-0.4, -0.2) is 35.5 Å². The molecule has 0 unspecified atom stereocenters. The molecule has 1 atom stereocenters. The zero-order valence-electron chi connectivity index (χ0n) is 17.8. The summed E-state index contributed by atoms with van der Waals surface area (Å²) in [6.45, 7) is 2.89. The number of carboxylic acids is 1. The maximum absolute atomic E-state index is 11.1. The highest BCUT2D eigenvalue weighted by Crippen LogP contribution is 2.39. The van der Waals surface area contributed by atoms with Crippen molar-refractivity contribution in [2.75, 3.05) is 13.2 Å². The van der Waals surface area contributed by atoms with E-state index in [0.717, 1.165) is 49.8 Å². The lowest BCUT2D eigenvalue weighted by molar-refractivity contribution is -0.296. The van der Waals surface area contributed by atoms with E-state index in [-0.39, 0.29) is 17.8 Å². The summed E-state index contributed by atoms with van der Waals surface area (Å²) in [6.07, 6.45) is 6.45. The van der Waals surface area contributed by atoms with Gasteiger partial charge >= 0.3 is 11.9 Å². The van der Waals surface area contributed by atoms with E-state index in [4.69, 9.17) is 19.5 Å². The van der Waals surface area contributed by atoms with Gasteiger partial charge in [0.15, 0.2) is 0 Å². The summed E-state index contributed by atoms with van der Waals surface area (Å²) >= 11 is 0. The van der Waals surface area contributed by atoms with Gasteiger partial charge in [0, 0.05) is 6.42 Å².